The van der Waals surface area contributed by atoms with Gasteiger partial charge in [-0.25, -0.2) is 4.79 Å². The molecular weight excluding hydrogens is 480 g/mol. The zero-order valence-electron chi connectivity index (χ0n) is 22.5. The van der Waals surface area contributed by atoms with Crippen LogP contribution in [-0.2, 0) is 16.0 Å². The van der Waals surface area contributed by atoms with Crippen molar-refractivity contribution >= 4 is 5.97 Å². The predicted molar refractivity (Wildman–Crippen MR) is 136 cm³/mol. The summed E-state index contributed by atoms with van der Waals surface area (Å²) in [4.78, 5) is 13.0. The summed E-state index contributed by atoms with van der Waals surface area (Å²) in [5.41, 5.74) is 1.46. The number of esters is 1. The summed E-state index contributed by atoms with van der Waals surface area (Å²) in [6.45, 7) is 7.05. The van der Waals surface area contributed by atoms with Gasteiger partial charge in [0.1, 0.15) is 5.60 Å². The van der Waals surface area contributed by atoms with Gasteiger partial charge in [0.15, 0.2) is 29.1 Å². The molecule has 0 bridgehead atoms. The van der Waals surface area contributed by atoms with E-state index in [1.165, 1.54) is 21.3 Å². The molecule has 1 aliphatic heterocycles. The Kier molecular flexibility index (Phi) is 7.19. The van der Waals surface area contributed by atoms with Crippen LogP contribution >= 0.6 is 0 Å². The number of carbonyl (C=O) groups excluding carboxylic acids is 1. The van der Waals surface area contributed by atoms with E-state index >= 15 is 0 Å². The zero-order valence-corrected chi connectivity index (χ0v) is 22.5. The van der Waals surface area contributed by atoms with Gasteiger partial charge >= 0.3 is 5.97 Å². The number of ether oxygens (including phenoxy) is 7. The fourth-order valence-electron chi connectivity index (χ4n) is 4.94. The highest BCUT2D eigenvalue weighted by molar-refractivity contribution is 5.90. The maximum absolute atomic E-state index is 13.0. The van der Waals surface area contributed by atoms with Gasteiger partial charge in [0.25, 0.3) is 0 Å². The van der Waals surface area contributed by atoms with Crippen LogP contribution in [0.1, 0.15) is 44.9 Å². The topological polar surface area (TPSA) is 102 Å². The van der Waals surface area contributed by atoms with Gasteiger partial charge in [-0.05, 0) is 50.8 Å². The van der Waals surface area contributed by atoms with Crippen LogP contribution in [0.5, 0.6) is 34.5 Å². The minimum absolute atomic E-state index is 0.0562. The molecule has 0 spiro atoms. The minimum Gasteiger partial charge on any atom is -0.493 e. The van der Waals surface area contributed by atoms with E-state index in [-0.39, 0.29) is 12.7 Å². The first-order chi connectivity index (χ1) is 17.6. The standard InChI is InChI=1S/C28H34O9/c1-9-14(2)27(29)37-26-17-12-18(31-5)22(32-6)25(34-8)21(17)20-16(10-15(3)28(26,4)30)11-19-23(24(20)33-7)36-13-35-19/h9,11-12,15,26,30H,10,13H2,1-8H3/b14-9-/t15-,26+,28+/m0/s1. The molecule has 0 radical (unpaired) electrons. The number of methoxy groups -OCH3 is 4. The van der Waals surface area contributed by atoms with E-state index < -0.39 is 17.7 Å². The highest BCUT2D eigenvalue weighted by atomic mass is 16.7. The quantitative estimate of drug-likeness (QED) is 0.437. The van der Waals surface area contributed by atoms with Crippen molar-refractivity contribution in [3.8, 4) is 45.6 Å². The first-order valence-electron chi connectivity index (χ1n) is 12.0. The van der Waals surface area contributed by atoms with Gasteiger partial charge in [0.05, 0.1) is 28.4 Å². The second-order valence-electron chi connectivity index (χ2n) is 9.38. The first-order valence-corrected chi connectivity index (χ1v) is 12.0. The number of hydrogen-bond acceptors (Lipinski definition) is 9. The summed E-state index contributed by atoms with van der Waals surface area (Å²) in [5, 5.41) is 12.0. The van der Waals surface area contributed by atoms with Crippen molar-refractivity contribution in [1.29, 1.82) is 0 Å². The molecule has 37 heavy (non-hydrogen) atoms. The number of rotatable bonds is 6. The predicted octanol–water partition coefficient (Wildman–Crippen LogP) is 4.61. The lowest BCUT2D eigenvalue weighted by atomic mass is 9.73. The lowest BCUT2D eigenvalue weighted by Gasteiger charge is -2.41. The molecular formula is C28H34O9. The summed E-state index contributed by atoms with van der Waals surface area (Å²) >= 11 is 0. The van der Waals surface area contributed by atoms with Gasteiger partial charge in [-0.1, -0.05) is 13.0 Å². The van der Waals surface area contributed by atoms with E-state index in [1.807, 2.05) is 13.0 Å². The van der Waals surface area contributed by atoms with Crippen LogP contribution in [0, 0.1) is 5.92 Å². The second-order valence-corrected chi connectivity index (χ2v) is 9.38. The molecule has 0 aromatic heterocycles. The monoisotopic (exact) mass is 514 g/mol. The Bertz CT molecular complexity index is 1250. The molecule has 200 valence electrons. The molecule has 2 aliphatic rings. The first kappa shape index (κ1) is 26.5. The van der Waals surface area contributed by atoms with Crippen molar-refractivity contribution in [2.45, 2.75) is 45.8 Å². The van der Waals surface area contributed by atoms with E-state index in [0.29, 0.717) is 63.2 Å². The lowest BCUT2D eigenvalue weighted by molar-refractivity contribution is -0.166. The molecule has 4 rings (SSSR count). The normalized spacial score (nSPS) is 22.2. The largest absolute Gasteiger partial charge is 0.493 e. The van der Waals surface area contributed by atoms with Crippen molar-refractivity contribution in [2.24, 2.45) is 5.92 Å². The van der Waals surface area contributed by atoms with Crippen LogP contribution in [0.3, 0.4) is 0 Å². The minimum atomic E-state index is -1.48. The van der Waals surface area contributed by atoms with E-state index in [2.05, 4.69) is 0 Å². The van der Waals surface area contributed by atoms with Gasteiger partial charge in [-0.2, -0.15) is 0 Å². The van der Waals surface area contributed by atoms with E-state index in [1.54, 1.807) is 40.0 Å². The van der Waals surface area contributed by atoms with Crippen LogP contribution in [0.2, 0.25) is 0 Å². The molecule has 0 saturated carbocycles. The number of benzene rings is 2. The average Bonchev–Trinajstić information content (AvgIpc) is 3.36. The van der Waals surface area contributed by atoms with Crippen LogP contribution in [0.25, 0.3) is 11.1 Å². The number of carbonyl (C=O) groups is 1. The molecule has 1 heterocycles. The Balaban J connectivity index is 2.17. The molecule has 3 atom stereocenters. The van der Waals surface area contributed by atoms with E-state index in [9.17, 15) is 9.90 Å². The fraction of sp³-hybridized carbons (Fsp3) is 0.464. The average molecular weight is 515 g/mol. The third-order valence-electron chi connectivity index (χ3n) is 7.33. The van der Waals surface area contributed by atoms with Gasteiger partial charge in [-0.3, -0.25) is 0 Å². The molecule has 9 nitrogen and oxygen atoms in total. The number of hydrogen-bond donors (Lipinski definition) is 1. The van der Waals surface area contributed by atoms with Crippen molar-refractivity contribution in [3.05, 3.63) is 34.9 Å². The molecule has 2 aromatic carbocycles. The van der Waals surface area contributed by atoms with Crippen LogP contribution in [0.4, 0.5) is 0 Å². The summed E-state index contributed by atoms with van der Waals surface area (Å²) in [7, 11) is 6.08. The molecule has 0 saturated heterocycles. The van der Waals surface area contributed by atoms with Gasteiger partial charge in [-0.15, -0.1) is 0 Å². The summed E-state index contributed by atoms with van der Waals surface area (Å²) in [6.07, 6.45) is 0.998. The van der Waals surface area contributed by atoms with E-state index in [0.717, 1.165) is 5.56 Å². The molecule has 1 N–H and O–H groups in total. The fourth-order valence-corrected chi connectivity index (χ4v) is 4.94. The SMILES string of the molecule is C/C=C(/C)C(=O)O[C@@H]1c2cc(OC)c(OC)c(OC)c2-c2c(cc3c(c2OC)OCO3)C[C@H](C)[C@@]1(C)O. The maximum Gasteiger partial charge on any atom is 0.334 e. The van der Waals surface area contributed by atoms with E-state index in [4.69, 9.17) is 33.2 Å². The molecule has 9 heteroatoms. The van der Waals surface area contributed by atoms with Gasteiger partial charge in [0.2, 0.25) is 18.3 Å². The third-order valence-corrected chi connectivity index (χ3v) is 7.33. The highest BCUT2D eigenvalue weighted by Gasteiger charge is 2.47. The van der Waals surface area contributed by atoms with Crippen molar-refractivity contribution in [1.82, 2.24) is 0 Å². The summed E-state index contributed by atoms with van der Waals surface area (Å²) < 4.78 is 40.6. The summed E-state index contributed by atoms with van der Waals surface area (Å²) in [5.74, 6) is 1.60. The maximum atomic E-state index is 13.0. The zero-order chi connectivity index (χ0) is 27.1. The molecule has 1 aliphatic carbocycles. The number of aliphatic hydroxyl groups is 1. The molecule has 0 unspecified atom stereocenters. The van der Waals surface area contributed by atoms with Crippen LogP contribution in [-0.4, -0.2) is 51.9 Å². The Morgan fingerprint density at radius 2 is 1.70 bits per heavy atom. The molecule has 0 fully saturated rings. The Labute approximate surface area is 216 Å². The Morgan fingerprint density at radius 1 is 1.03 bits per heavy atom. The van der Waals surface area contributed by atoms with Gasteiger partial charge in [0, 0.05) is 22.3 Å². The van der Waals surface area contributed by atoms with Crippen molar-refractivity contribution in [2.75, 3.05) is 35.2 Å². The third kappa shape index (κ3) is 4.21. The van der Waals surface area contributed by atoms with Crippen LogP contribution in [0.15, 0.2) is 23.8 Å². The Morgan fingerprint density at radius 3 is 2.30 bits per heavy atom. The Hall–Kier alpha value is -3.59. The lowest BCUT2D eigenvalue weighted by Crippen LogP contribution is -2.44. The van der Waals surface area contributed by atoms with Crippen LogP contribution < -0.4 is 28.4 Å². The highest BCUT2D eigenvalue weighted by Crippen LogP contribution is 2.59. The van der Waals surface area contributed by atoms with Crippen molar-refractivity contribution < 1.29 is 43.1 Å². The smallest absolute Gasteiger partial charge is 0.334 e. The van der Waals surface area contributed by atoms with Gasteiger partial charge < -0.3 is 38.3 Å². The summed E-state index contributed by atoms with van der Waals surface area (Å²) in [6, 6.07) is 3.60. The van der Waals surface area contributed by atoms with Crippen molar-refractivity contribution in [3.63, 3.8) is 0 Å². The number of fused-ring (bicyclic) bond motifs is 4. The second kappa shape index (κ2) is 10.0. The molecule has 0 amide bonds. The number of allylic oxidation sites excluding steroid dienone is 1. The molecule has 2 aromatic rings.